The highest BCUT2D eigenvalue weighted by molar-refractivity contribution is 7.87. The van der Waals surface area contributed by atoms with E-state index in [1.165, 1.54) is 32.1 Å². The van der Waals surface area contributed by atoms with Gasteiger partial charge in [-0.3, -0.25) is 4.55 Å². The van der Waals surface area contributed by atoms with Gasteiger partial charge in [0.25, 0.3) is 10.1 Å². The quantitative estimate of drug-likeness (QED) is 0.480. The van der Waals surface area contributed by atoms with Crippen LogP contribution in [0.5, 0.6) is 0 Å². The SMILES string of the molecule is CCCCCCCCC[CH]S(=O)(=O)O. The lowest BCUT2D eigenvalue weighted by molar-refractivity contribution is 0.486. The number of hydrogen-bond acceptors (Lipinski definition) is 2. The molecule has 3 nitrogen and oxygen atoms in total. The highest BCUT2D eigenvalue weighted by Gasteiger charge is 2.03. The second kappa shape index (κ2) is 8.24. The lowest BCUT2D eigenvalue weighted by atomic mass is 10.1. The van der Waals surface area contributed by atoms with Gasteiger partial charge in [0.05, 0.1) is 0 Å². The summed E-state index contributed by atoms with van der Waals surface area (Å²) in [5.41, 5.74) is 0. The molecule has 0 heterocycles. The summed E-state index contributed by atoms with van der Waals surface area (Å²) in [6.07, 6.45) is 8.58. The second-order valence-electron chi connectivity index (χ2n) is 3.59. The van der Waals surface area contributed by atoms with E-state index in [0.717, 1.165) is 18.6 Å². The molecule has 85 valence electrons. The standard InChI is InChI=1S/C10H21O3S/c1-2-3-4-5-6-7-8-9-10-14(11,12)13/h10H,2-9H2,1H3,(H,11,12,13). The van der Waals surface area contributed by atoms with Crippen LogP contribution in [0.2, 0.25) is 0 Å². The largest absolute Gasteiger partial charge is 0.285 e. The van der Waals surface area contributed by atoms with Gasteiger partial charge >= 0.3 is 0 Å². The summed E-state index contributed by atoms with van der Waals surface area (Å²) in [7, 11) is -3.85. The van der Waals surface area contributed by atoms with E-state index in [1.807, 2.05) is 0 Å². The van der Waals surface area contributed by atoms with Gasteiger partial charge in [0.2, 0.25) is 0 Å². The summed E-state index contributed by atoms with van der Waals surface area (Å²) in [5, 5.41) is 0. The molecule has 0 saturated carbocycles. The highest BCUT2D eigenvalue weighted by atomic mass is 32.2. The lowest BCUT2D eigenvalue weighted by Gasteiger charge is -1.99. The van der Waals surface area contributed by atoms with Crippen LogP contribution in [0.15, 0.2) is 0 Å². The van der Waals surface area contributed by atoms with Gasteiger partial charge in [0.1, 0.15) is 5.75 Å². The molecule has 0 fully saturated rings. The highest BCUT2D eigenvalue weighted by Crippen LogP contribution is 2.10. The van der Waals surface area contributed by atoms with Crippen molar-refractivity contribution < 1.29 is 13.0 Å². The Morgan fingerprint density at radius 1 is 1.00 bits per heavy atom. The minimum Gasteiger partial charge on any atom is -0.285 e. The summed E-state index contributed by atoms with van der Waals surface area (Å²) in [6, 6.07) is 0. The first-order chi connectivity index (χ1) is 6.56. The Balaban J connectivity index is 3.07. The Hall–Kier alpha value is -0.0900. The third-order valence-electron chi connectivity index (χ3n) is 2.14. The van der Waals surface area contributed by atoms with E-state index in [4.69, 9.17) is 4.55 Å². The Labute approximate surface area is 87.7 Å². The number of hydrogen-bond donors (Lipinski definition) is 1. The van der Waals surface area contributed by atoms with Crippen LogP contribution in [0.25, 0.3) is 0 Å². The van der Waals surface area contributed by atoms with Gasteiger partial charge in [0, 0.05) is 0 Å². The zero-order chi connectivity index (χ0) is 10.9. The molecule has 0 bridgehead atoms. The minimum absolute atomic E-state index is 0.465. The molecule has 0 rings (SSSR count). The first kappa shape index (κ1) is 13.9. The molecule has 0 aliphatic rings. The van der Waals surface area contributed by atoms with Crippen LogP contribution in [-0.2, 0) is 10.1 Å². The molecule has 0 aliphatic carbocycles. The van der Waals surface area contributed by atoms with E-state index in [9.17, 15) is 8.42 Å². The van der Waals surface area contributed by atoms with Crippen LogP contribution in [0, 0.1) is 5.75 Å². The fraction of sp³-hybridized carbons (Fsp3) is 0.900. The van der Waals surface area contributed by atoms with Gasteiger partial charge in [-0.05, 0) is 6.42 Å². The minimum atomic E-state index is -3.85. The zero-order valence-corrected chi connectivity index (χ0v) is 9.72. The molecule has 0 spiro atoms. The molecule has 0 saturated heterocycles. The molecule has 0 aromatic rings. The predicted octanol–water partition coefficient (Wildman–Crippen LogP) is 3.18. The number of unbranched alkanes of at least 4 members (excludes halogenated alkanes) is 7. The van der Waals surface area contributed by atoms with Crippen molar-refractivity contribution in [2.45, 2.75) is 58.3 Å². The van der Waals surface area contributed by atoms with Crippen LogP contribution < -0.4 is 0 Å². The Morgan fingerprint density at radius 3 is 2.00 bits per heavy atom. The first-order valence-electron chi connectivity index (χ1n) is 5.37. The molecule has 0 aromatic heterocycles. The van der Waals surface area contributed by atoms with E-state index >= 15 is 0 Å². The average molecular weight is 221 g/mol. The second-order valence-corrected chi connectivity index (χ2v) is 4.95. The van der Waals surface area contributed by atoms with Gasteiger partial charge < -0.3 is 0 Å². The first-order valence-corrected chi connectivity index (χ1v) is 6.87. The predicted molar refractivity (Wildman–Crippen MR) is 58.5 cm³/mol. The molecule has 14 heavy (non-hydrogen) atoms. The van der Waals surface area contributed by atoms with Crippen molar-refractivity contribution in [3.63, 3.8) is 0 Å². The molecule has 1 radical (unpaired) electrons. The maximum atomic E-state index is 10.3. The monoisotopic (exact) mass is 221 g/mol. The van der Waals surface area contributed by atoms with Crippen LogP contribution in [-0.4, -0.2) is 13.0 Å². The zero-order valence-electron chi connectivity index (χ0n) is 8.91. The topological polar surface area (TPSA) is 54.4 Å². The lowest BCUT2D eigenvalue weighted by Crippen LogP contribution is -1.96. The maximum Gasteiger partial charge on any atom is 0.269 e. The molecule has 0 aromatic carbocycles. The van der Waals surface area contributed by atoms with E-state index in [-0.39, 0.29) is 0 Å². The Bertz CT molecular complexity index is 209. The molecule has 0 amide bonds. The van der Waals surface area contributed by atoms with E-state index < -0.39 is 10.1 Å². The molecule has 1 N–H and O–H groups in total. The average Bonchev–Trinajstić information content (AvgIpc) is 2.08. The van der Waals surface area contributed by atoms with Crippen LogP contribution in [0.4, 0.5) is 0 Å². The number of rotatable bonds is 9. The van der Waals surface area contributed by atoms with E-state index in [1.54, 1.807) is 0 Å². The Kier molecular flexibility index (Phi) is 8.18. The van der Waals surface area contributed by atoms with Gasteiger partial charge in [0.15, 0.2) is 0 Å². The molecule has 4 heteroatoms. The van der Waals surface area contributed by atoms with Crippen molar-refractivity contribution in [2.75, 3.05) is 0 Å². The molecular formula is C10H21O3S. The van der Waals surface area contributed by atoms with Crippen molar-refractivity contribution in [2.24, 2.45) is 0 Å². The summed E-state index contributed by atoms with van der Waals surface area (Å²) in [6.45, 7) is 2.18. The van der Waals surface area contributed by atoms with Crippen molar-refractivity contribution in [3.8, 4) is 0 Å². The summed E-state index contributed by atoms with van der Waals surface area (Å²) in [5.74, 6) is 0.985. The third kappa shape index (κ3) is 11.9. The van der Waals surface area contributed by atoms with Crippen molar-refractivity contribution in [1.29, 1.82) is 0 Å². The fourth-order valence-corrected chi connectivity index (χ4v) is 1.80. The van der Waals surface area contributed by atoms with Crippen molar-refractivity contribution in [1.82, 2.24) is 0 Å². The summed E-state index contributed by atoms with van der Waals surface area (Å²) >= 11 is 0. The Morgan fingerprint density at radius 2 is 1.50 bits per heavy atom. The van der Waals surface area contributed by atoms with Gasteiger partial charge in [-0.15, -0.1) is 0 Å². The summed E-state index contributed by atoms with van der Waals surface area (Å²) < 4.78 is 29.0. The van der Waals surface area contributed by atoms with Crippen LogP contribution in [0.1, 0.15) is 58.3 Å². The molecule has 0 unspecified atom stereocenters. The van der Waals surface area contributed by atoms with Gasteiger partial charge in [-0.2, -0.15) is 8.42 Å². The third-order valence-corrected chi connectivity index (χ3v) is 2.79. The molecule has 0 aliphatic heterocycles. The van der Waals surface area contributed by atoms with E-state index in [0.29, 0.717) is 6.42 Å². The van der Waals surface area contributed by atoms with Crippen molar-refractivity contribution in [3.05, 3.63) is 5.75 Å². The van der Waals surface area contributed by atoms with Gasteiger partial charge in [-0.25, -0.2) is 0 Å². The molecular weight excluding hydrogens is 200 g/mol. The molecule has 0 atom stereocenters. The van der Waals surface area contributed by atoms with Gasteiger partial charge in [-0.1, -0.05) is 51.9 Å². The normalized spacial score (nSPS) is 11.9. The fourth-order valence-electron chi connectivity index (χ4n) is 1.33. The smallest absolute Gasteiger partial charge is 0.269 e. The summed E-state index contributed by atoms with van der Waals surface area (Å²) in [4.78, 5) is 0. The maximum absolute atomic E-state index is 10.3. The van der Waals surface area contributed by atoms with Crippen LogP contribution in [0.3, 0.4) is 0 Å². The van der Waals surface area contributed by atoms with Crippen molar-refractivity contribution >= 4 is 10.1 Å². The van der Waals surface area contributed by atoms with E-state index in [2.05, 4.69) is 6.92 Å². The van der Waals surface area contributed by atoms with Crippen LogP contribution >= 0.6 is 0 Å².